The Morgan fingerprint density at radius 2 is 2.17 bits per heavy atom. The van der Waals surface area contributed by atoms with Crippen LogP contribution in [0, 0.1) is 0 Å². The summed E-state index contributed by atoms with van der Waals surface area (Å²) in [6.07, 6.45) is 0. The van der Waals surface area contributed by atoms with Crippen molar-refractivity contribution in [1.82, 2.24) is 16.0 Å². The second-order valence-electron chi connectivity index (χ2n) is 5.11. The molecule has 0 aromatic heterocycles. The molecule has 124 valence electrons. The summed E-state index contributed by atoms with van der Waals surface area (Å²) in [4.78, 5) is 23.5. The molecule has 23 heavy (non-hydrogen) atoms. The highest BCUT2D eigenvalue weighted by Crippen LogP contribution is 2.22. The average Bonchev–Trinajstić information content (AvgIpc) is 2.53. The Morgan fingerprint density at radius 3 is 2.87 bits per heavy atom. The summed E-state index contributed by atoms with van der Waals surface area (Å²) in [5, 5.41) is 9.17. The van der Waals surface area contributed by atoms with Crippen LogP contribution in [0.15, 0.2) is 35.5 Å². The molecule has 1 atom stereocenters. The second kappa shape index (κ2) is 7.99. The van der Waals surface area contributed by atoms with Gasteiger partial charge in [-0.05, 0) is 25.5 Å². The summed E-state index contributed by atoms with van der Waals surface area (Å²) in [5.41, 5.74) is 1.89. The minimum absolute atomic E-state index is 0.0357. The van der Waals surface area contributed by atoms with Crippen LogP contribution in [0.25, 0.3) is 0 Å². The molecule has 0 spiro atoms. The van der Waals surface area contributed by atoms with Crippen LogP contribution in [-0.4, -0.2) is 31.7 Å². The Balaban J connectivity index is 2.10. The fourth-order valence-electron chi connectivity index (χ4n) is 2.29. The molecule has 1 aliphatic heterocycles. The number of ether oxygens (including phenoxy) is 1. The van der Waals surface area contributed by atoms with E-state index in [-0.39, 0.29) is 25.2 Å². The zero-order chi connectivity index (χ0) is 16.8. The van der Waals surface area contributed by atoms with Gasteiger partial charge in [-0.15, -0.1) is 0 Å². The van der Waals surface area contributed by atoms with Crippen molar-refractivity contribution in [3.05, 3.63) is 46.1 Å². The lowest BCUT2D eigenvalue weighted by Gasteiger charge is -2.23. The fraction of sp³-hybridized carbons (Fsp3) is 0.375. The standard InChI is InChI=1S/C16H20ClN3O3/c1-3-23-15(21)12-8-19-16(22)20-14(12)9-18-10(2)11-6-4-5-7-13(11)17/h4-7,10,18H,3,8-9H2,1-2H3,(H2,19,20,22). The van der Waals surface area contributed by atoms with Gasteiger partial charge in [-0.2, -0.15) is 0 Å². The van der Waals surface area contributed by atoms with Gasteiger partial charge in [0.25, 0.3) is 0 Å². The normalized spacial score (nSPS) is 15.7. The fourth-order valence-corrected chi connectivity index (χ4v) is 2.59. The van der Waals surface area contributed by atoms with E-state index in [1.165, 1.54) is 0 Å². The number of esters is 1. The molecule has 0 aliphatic carbocycles. The molecule has 0 radical (unpaired) electrons. The highest BCUT2D eigenvalue weighted by Gasteiger charge is 2.23. The Bertz CT molecular complexity index is 631. The van der Waals surface area contributed by atoms with Gasteiger partial charge in [0.1, 0.15) is 0 Å². The number of amides is 2. The van der Waals surface area contributed by atoms with Gasteiger partial charge in [0.05, 0.1) is 18.7 Å². The van der Waals surface area contributed by atoms with E-state index in [4.69, 9.17) is 16.3 Å². The number of nitrogens with one attached hydrogen (secondary N) is 3. The topological polar surface area (TPSA) is 79.5 Å². The SMILES string of the molecule is CCOC(=O)C1=C(CNC(C)c2ccccc2Cl)NC(=O)NC1. The first-order valence-corrected chi connectivity index (χ1v) is 7.82. The van der Waals surface area contributed by atoms with Crippen LogP contribution < -0.4 is 16.0 Å². The Kier molecular flexibility index (Phi) is 6.01. The van der Waals surface area contributed by atoms with E-state index in [1.807, 2.05) is 31.2 Å². The average molecular weight is 338 g/mol. The quantitative estimate of drug-likeness (QED) is 0.695. The Hall–Kier alpha value is -2.05. The van der Waals surface area contributed by atoms with Crippen LogP contribution in [0.5, 0.6) is 0 Å². The largest absolute Gasteiger partial charge is 0.463 e. The Labute approximate surface area is 140 Å². The molecular weight excluding hydrogens is 318 g/mol. The number of halogens is 1. The molecule has 0 saturated heterocycles. The first kappa shape index (κ1) is 17.3. The number of urea groups is 1. The smallest absolute Gasteiger partial charge is 0.337 e. The number of rotatable bonds is 6. The van der Waals surface area contributed by atoms with E-state index >= 15 is 0 Å². The van der Waals surface area contributed by atoms with E-state index in [0.717, 1.165) is 5.56 Å². The van der Waals surface area contributed by atoms with E-state index < -0.39 is 5.97 Å². The number of benzene rings is 1. The van der Waals surface area contributed by atoms with Crippen molar-refractivity contribution < 1.29 is 14.3 Å². The lowest BCUT2D eigenvalue weighted by Crippen LogP contribution is -2.46. The molecule has 1 aromatic rings. The second-order valence-corrected chi connectivity index (χ2v) is 5.52. The van der Waals surface area contributed by atoms with Gasteiger partial charge in [0.15, 0.2) is 0 Å². The van der Waals surface area contributed by atoms with Crippen molar-refractivity contribution in [2.75, 3.05) is 19.7 Å². The lowest BCUT2D eigenvalue weighted by atomic mass is 10.1. The maximum absolute atomic E-state index is 12.0. The van der Waals surface area contributed by atoms with Gasteiger partial charge in [0, 0.05) is 23.3 Å². The van der Waals surface area contributed by atoms with E-state index in [2.05, 4.69) is 16.0 Å². The predicted octanol–water partition coefficient (Wildman–Crippen LogP) is 2.12. The number of carbonyl (C=O) groups is 2. The maximum Gasteiger partial charge on any atom is 0.337 e. The molecule has 6 nitrogen and oxygen atoms in total. The molecule has 2 rings (SSSR count). The van der Waals surface area contributed by atoms with Crippen molar-refractivity contribution in [2.45, 2.75) is 19.9 Å². The third-order valence-electron chi connectivity index (χ3n) is 3.53. The van der Waals surface area contributed by atoms with Gasteiger partial charge in [-0.3, -0.25) is 0 Å². The molecule has 1 aliphatic rings. The van der Waals surface area contributed by atoms with Crippen molar-refractivity contribution in [3.8, 4) is 0 Å². The molecule has 1 heterocycles. The van der Waals surface area contributed by atoms with Gasteiger partial charge in [-0.1, -0.05) is 29.8 Å². The summed E-state index contributed by atoms with van der Waals surface area (Å²) in [6.45, 7) is 4.47. The minimum atomic E-state index is -0.429. The van der Waals surface area contributed by atoms with Gasteiger partial charge >= 0.3 is 12.0 Å². The zero-order valence-corrected chi connectivity index (χ0v) is 13.9. The number of carbonyl (C=O) groups excluding carboxylic acids is 2. The summed E-state index contributed by atoms with van der Waals surface area (Å²) in [5.74, 6) is -0.429. The van der Waals surface area contributed by atoms with E-state index in [9.17, 15) is 9.59 Å². The van der Waals surface area contributed by atoms with Crippen molar-refractivity contribution in [1.29, 1.82) is 0 Å². The van der Waals surface area contributed by atoms with Crippen LogP contribution in [0.3, 0.4) is 0 Å². The van der Waals surface area contributed by atoms with E-state index in [0.29, 0.717) is 22.8 Å². The first-order valence-electron chi connectivity index (χ1n) is 7.44. The summed E-state index contributed by atoms with van der Waals surface area (Å²) < 4.78 is 5.02. The molecule has 0 fully saturated rings. The molecule has 2 amide bonds. The molecule has 1 aromatic carbocycles. The molecule has 0 bridgehead atoms. The number of hydrogen-bond acceptors (Lipinski definition) is 4. The van der Waals surface area contributed by atoms with Crippen LogP contribution in [-0.2, 0) is 9.53 Å². The van der Waals surface area contributed by atoms with E-state index in [1.54, 1.807) is 6.92 Å². The third-order valence-corrected chi connectivity index (χ3v) is 3.88. The van der Waals surface area contributed by atoms with Crippen LogP contribution in [0.4, 0.5) is 4.79 Å². The summed E-state index contributed by atoms with van der Waals surface area (Å²) >= 11 is 6.18. The highest BCUT2D eigenvalue weighted by atomic mass is 35.5. The zero-order valence-electron chi connectivity index (χ0n) is 13.1. The van der Waals surface area contributed by atoms with Crippen molar-refractivity contribution in [3.63, 3.8) is 0 Å². The lowest BCUT2D eigenvalue weighted by molar-refractivity contribution is -0.138. The third kappa shape index (κ3) is 4.46. The molecular formula is C16H20ClN3O3. The summed E-state index contributed by atoms with van der Waals surface area (Å²) in [7, 11) is 0. The monoisotopic (exact) mass is 337 g/mol. The van der Waals surface area contributed by atoms with Crippen molar-refractivity contribution >= 4 is 23.6 Å². The highest BCUT2D eigenvalue weighted by molar-refractivity contribution is 6.31. The molecule has 3 N–H and O–H groups in total. The van der Waals surface area contributed by atoms with Gasteiger partial charge in [-0.25, -0.2) is 9.59 Å². The maximum atomic E-state index is 12.0. The number of hydrogen-bond donors (Lipinski definition) is 3. The molecule has 0 saturated carbocycles. The van der Waals surface area contributed by atoms with Crippen LogP contribution in [0.1, 0.15) is 25.5 Å². The first-order chi connectivity index (χ1) is 11.0. The summed E-state index contributed by atoms with van der Waals surface area (Å²) in [6, 6.07) is 7.17. The Morgan fingerprint density at radius 1 is 1.43 bits per heavy atom. The van der Waals surface area contributed by atoms with Gasteiger partial charge < -0.3 is 20.7 Å². The minimum Gasteiger partial charge on any atom is -0.463 e. The van der Waals surface area contributed by atoms with Crippen molar-refractivity contribution in [2.24, 2.45) is 0 Å². The van der Waals surface area contributed by atoms with Crippen LogP contribution >= 0.6 is 11.6 Å². The molecule has 1 unspecified atom stereocenters. The predicted molar refractivity (Wildman–Crippen MR) is 88.1 cm³/mol. The van der Waals surface area contributed by atoms with Gasteiger partial charge in [0.2, 0.25) is 0 Å². The van der Waals surface area contributed by atoms with Crippen LogP contribution in [0.2, 0.25) is 5.02 Å². The molecule has 7 heteroatoms.